The van der Waals surface area contributed by atoms with E-state index in [1.54, 1.807) is 6.20 Å². The molecule has 0 radical (unpaired) electrons. The molecule has 0 fully saturated rings. The first-order valence-electron chi connectivity index (χ1n) is 5.73. The van der Waals surface area contributed by atoms with E-state index in [2.05, 4.69) is 10.4 Å². The molecular weight excluding hydrogens is 214 g/mol. The molecule has 90 valence electrons. The molecule has 3 N–H and O–H groups in total. The van der Waals surface area contributed by atoms with Crippen LogP contribution in [-0.4, -0.2) is 18.2 Å². The smallest absolute Gasteiger partial charge is 0.0705 e. The Morgan fingerprint density at radius 1 is 1.41 bits per heavy atom. The molecule has 1 aromatic heterocycles. The summed E-state index contributed by atoms with van der Waals surface area (Å²) in [7, 11) is 0. The van der Waals surface area contributed by atoms with Gasteiger partial charge in [0.05, 0.1) is 18.2 Å². The molecule has 1 unspecified atom stereocenters. The van der Waals surface area contributed by atoms with Crippen molar-refractivity contribution >= 4 is 10.9 Å². The minimum Gasteiger partial charge on any atom is -0.380 e. The van der Waals surface area contributed by atoms with Gasteiger partial charge in [-0.15, -0.1) is 0 Å². The Balaban J connectivity index is 2.27. The summed E-state index contributed by atoms with van der Waals surface area (Å²) in [6, 6.07) is 10.1. The lowest BCUT2D eigenvalue weighted by Gasteiger charge is -2.16. The fourth-order valence-electron chi connectivity index (χ4n) is 1.78. The molecule has 0 aliphatic heterocycles. The fourth-order valence-corrected chi connectivity index (χ4v) is 1.78. The molecule has 0 aliphatic carbocycles. The van der Waals surface area contributed by atoms with Crippen molar-refractivity contribution in [1.82, 2.24) is 10.4 Å². The number of hydrogen-bond donors (Lipinski definition) is 2. The molecule has 0 saturated carbocycles. The van der Waals surface area contributed by atoms with Crippen molar-refractivity contribution < 1.29 is 4.74 Å². The molecule has 0 saturated heterocycles. The molecule has 0 bridgehead atoms. The third-order valence-corrected chi connectivity index (χ3v) is 2.72. The largest absolute Gasteiger partial charge is 0.380 e. The number of ether oxygens (including phenoxy) is 1. The van der Waals surface area contributed by atoms with E-state index >= 15 is 0 Å². The average Bonchev–Trinajstić information content (AvgIpc) is 2.39. The van der Waals surface area contributed by atoms with Crippen LogP contribution in [0.3, 0.4) is 0 Å². The second-order valence-corrected chi connectivity index (χ2v) is 3.83. The van der Waals surface area contributed by atoms with Crippen LogP contribution in [0.15, 0.2) is 36.5 Å². The number of nitrogens with two attached hydrogens (primary N) is 1. The second kappa shape index (κ2) is 5.72. The fraction of sp³-hybridized carbons (Fsp3) is 0.308. The van der Waals surface area contributed by atoms with Gasteiger partial charge in [-0.25, -0.2) is 0 Å². The molecule has 4 nitrogen and oxygen atoms in total. The molecule has 1 heterocycles. The van der Waals surface area contributed by atoms with E-state index in [0.29, 0.717) is 13.2 Å². The minimum atomic E-state index is 0.00126. The number of nitrogens with zero attached hydrogens (tertiary/aromatic N) is 1. The van der Waals surface area contributed by atoms with Crippen LogP contribution in [0.1, 0.15) is 18.5 Å². The van der Waals surface area contributed by atoms with E-state index in [9.17, 15) is 0 Å². The summed E-state index contributed by atoms with van der Waals surface area (Å²) in [5.74, 6) is 5.54. The molecule has 0 amide bonds. The van der Waals surface area contributed by atoms with E-state index in [4.69, 9.17) is 10.6 Å². The maximum absolute atomic E-state index is 5.54. The molecule has 0 spiro atoms. The van der Waals surface area contributed by atoms with Crippen LogP contribution in [0.25, 0.3) is 10.9 Å². The number of hydrogen-bond acceptors (Lipinski definition) is 4. The summed E-state index contributed by atoms with van der Waals surface area (Å²) in [5, 5.41) is 1.13. The molecule has 1 atom stereocenters. The van der Waals surface area contributed by atoms with E-state index in [-0.39, 0.29) is 6.04 Å². The zero-order valence-electron chi connectivity index (χ0n) is 9.89. The van der Waals surface area contributed by atoms with Gasteiger partial charge in [0.25, 0.3) is 0 Å². The Bertz CT molecular complexity index is 487. The van der Waals surface area contributed by atoms with Gasteiger partial charge in [0.1, 0.15) is 0 Å². The van der Waals surface area contributed by atoms with E-state index in [1.807, 2.05) is 37.3 Å². The van der Waals surface area contributed by atoms with Crippen molar-refractivity contribution in [2.45, 2.75) is 13.0 Å². The third kappa shape index (κ3) is 2.79. The number of rotatable bonds is 5. The Kier molecular flexibility index (Phi) is 4.03. The van der Waals surface area contributed by atoms with Crippen LogP contribution in [0.4, 0.5) is 0 Å². The summed E-state index contributed by atoms with van der Waals surface area (Å²) < 4.78 is 5.39. The van der Waals surface area contributed by atoms with E-state index < -0.39 is 0 Å². The quantitative estimate of drug-likeness (QED) is 0.608. The highest BCUT2D eigenvalue weighted by atomic mass is 16.5. The number of pyridine rings is 1. The summed E-state index contributed by atoms with van der Waals surface area (Å²) in [4.78, 5) is 4.33. The van der Waals surface area contributed by atoms with E-state index in [1.165, 1.54) is 0 Å². The van der Waals surface area contributed by atoms with Gasteiger partial charge in [-0.2, -0.15) is 0 Å². The lowest BCUT2D eigenvalue weighted by atomic mass is 10.1. The van der Waals surface area contributed by atoms with E-state index in [0.717, 1.165) is 16.5 Å². The molecule has 2 aromatic rings. The van der Waals surface area contributed by atoms with Crippen molar-refractivity contribution in [3.05, 3.63) is 42.1 Å². The third-order valence-electron chi connectivity index (χ3n) is 2.72. The summed E-state index contributed by atoms with van der Waals surface area (Å²) in [5.41, 5.74) is 4.83. The number of nitrogens with one attached hydrogen (secondary N) is 1. The van der Waals surface area contributed by atoms with Crippen molar-refractivity contribution in [3.8, 4) is 0 Å². The Labute approximate surface area is 101 Å². The van der Waals surface area contributed by atoms with Crippen LogP contribution in [-0.2, 0) is 4.74 Å². The van der Waals surface area contributed by atoms with Crippen LogP contribution in [0.5, 0.6) is 0 Å². The Morgan fingerprint density at radius 2 is 2.29 bits per heavy atom. The van der Waals surface area contributed by atoms with Gasteiger partial charge in [-0.3, -0.25) is 16.3 Å². The standard InChI is InChI=1S/C13H17N3O/c1-2-17-9-13(16-14)11-6-5-10-4-3-7-15-12(10)8-11/h3-8,13,16H,2,9,14H2,1H3. The van der Waals surface area contributed by atoms with Crippen LogP contribution < -0.4 is 11.3 Å². The highest BCUT2D eigenvalue weighted by Gasteiger charge is 2.10. The first kappa shape index (κ1) is 12.0. The van der Waals surface area contributed by atoms with Gasteiger partial charge in [-0.1, -0.05) is 18.2 Å². The highest BCUT2D eigenvalue weighted by Crippen LogP contribution is 2.18. The monoisotopic (exact) mass is 231 g/mol. The molecule has 1 aromatic carbocycles. The lowest BCUT2D eigenvalue weighted by Crippen LogP contribution is -2.31. The molecule has 17 heavy (non-hydrogen) atoms. The van der Waals surface area contributed by atoms with Gasteiger partial charge in [0.2, 0.25) is 0 Å². The van der Waals surface area contributed by atoms with Gasteiger partial charge < -0.3 is 4.74 Å². The minimum absolute atomic E-state index is 0.00126. The zero-order chi connectivity index (χ0) is 12.1. The van der Waals surface area contributed by atoms with Gasteiger partial charge in [0.15, 0.2) is 0 Å². The molecular formula is C13H17N3O. The number of aromatic nitrogens is 1. The maximum Gasteiger partial charge on any atom is 0.0705 e. The zero-order valence-corrected chi connectivity index (χ0v) is 9.89. The molecule has 4 heteroatoms. The van der Waals surface area contributed by atoms with Gasteiger partial charge >= 0.3 is 0 Å². The van der Waals surface area contributed by atoms with Crippen molar-refractivity contribution in [2.24, 2.45) is 5.84 Å². The molecule has 0 aliphatic rings. The Morgan fingerprint density at radius 3 is 3.06 bits per heavy atom. The van der Waals surface area contributed by atoms with Crippen LogP contribution in [0.2, 0.25) is 0 Å². The van der Waals surface area contributed by atoms with Crippen molar-refractivity contribution in [1.29, 1.82) is 0 Å². The normalized spacial score (nSPS) is 12.8. The van der Waals surface area contributed by atoms with Crippen molar-refractivity contribution in [3.63, 3.8) is 0 Å². The Hall–Kier alpha value is -1.49. The summed E-state index contributed by atoms with van der Waals surface area (Å²) >= 11 is 0. The summed E-state index contributed by atoms with van der Waals surface area (Å²) in [6.07, 6.45) is 1.79. The van der Waals surface area contributed by atoms with Crippen molar-refractivity contribution in [2.75, 3.05) is 13.2 Å². The second-order valence-electron chi connectivity index (χ2n) is 3.83. The topological polar surface area (TPSA) is 60.2 Å². The van der Waals surface area contributed by atoms with Gasteiger partial charge in [-0.05, 0) is 24.6 Å². The SMILES string of the molecule is CCOCC(NN)c1ccc2cccnc2c1. The lowest BCUT2D eigenvalue weighted by molar-refractivity contribution is 0.123. The first-order valence-corrected chi connectivity index (χ1v) is 5.73. The summed E-state index contributed by atoms with van der Waals surface area (Å²) in [6.45, 7) is 3.21. The number of hydrazine groups is 1. The first-order chi connectivity index (χ1) is 8.35. The number of fused-ring (bicyclic) bond motifs is 1. The van der Waals surface area contributed by atoms with Crippen LogP contribution in [0, 0.1) is 0 Å². The predicted octanol–water partition coefficient (Wildman–Crippen LogP) is 1.78. The number of benzene rings is 1. The van der Waals surface area contributed by atoms with Crippen LogP contribution >= 0.6 is 0 Å². The maximum atomic E-state index is 5.54. The average molecular weight is 231 g/mol. The molecule has 2 rings (SSSR count). The van der Waals surface area contributed by atoms with Gasteiger partial charge in [0, 0.05) is 18.2 Å². The highest BCUT2D eigenvalue weighted by molar-refractivity contribution is 5.78. The predicted molar refractivity (Wildman–Crippen MR) is 68.3 cm³/mol.